The summed E-state index contributed by atoms with van der Waals surface area (Å²) in [5.74, 6) is -0.707. The highest BCUT2D eigenvalue weighted by atomic mass is 16.5. The molecule has 0 radical (unpaired) electrons. The minimum absolute atomic E-state index is 0.191. The van der Waals surface area contributed by atoms with Crippen LogP contribution in [0.25, 0.3) is 0 Å². The Hall–Kier alpha value is -1.08. The first-order valence-corrected chi connectivity index (χ1v) is 5.54. The Labute approximate surface area is 96.2 Å². The van der Waals surface area contributed by atoms with E-state index < -0.39 is 17.5 Å². The number of carbonyl (C=O) groups excluding carboxylic acids is 1. The molecule has 0 heterocycles. The molecule has 0 amide bonds. The summed E-state index contributed by atoms with van der Waals surface area (Å²) in [7, 11) is 1.23. The standard InChI is InChI=1S/C12H19NO3/c1-11(2)4-6-12(8-13,7-5-11)9(14)10(15)16-3/h9,14H,4-7H2,1-3H3. The Kier molecular flexibility index (Phi) is 3.59. The van der Waals surface area contributed by atoms with E-state index in [2.05, 4.69) is 24.7 Å². The van der Waals surface area contributed by atoms with Crippen LogP contribution >= 0.6 is 0 Å². The van der Waals surface area contributed by atoms with Crippen molar-refractivity contribution in [1.82, 2.24) is 0 Å². The summed E-state index contributed by atoms with van der Waals surface area (Å²) in [5, 5.41) is 19.1. The first-order valence-electron chi connectivity index (χ1n) is 5.54. The van der Waals surface area contributed by atoms with Crippen LogP contribution in [0.1, 0.15) is 39.5 Å². The normalized spacial score (nSPS) is 24.2. The number of aliphatic hydroxyl groups excluding tert-OH is 1. The topological polar surface area (TPSA) is 70.3 Å². The molecule has 1 N–H and O–H groups in total. The van der Waals surface area contributed by atoms with Crippen LogP contribution in [0.4, 0.5) is 0 Å². The second-order valence-electron chi connectivity index (χ2n) is 5.36. The summed E-state index contributed by atoms with van der Waals surface area (Å²) in [4.78, 5) is 11.3. The van der Waals surface area contributed by atoms with Gasteiger partial charge in [-0.25, -0.2) is 4.79 Å². The van der Waals surface area contributed by atoms with Crippen molar-refractivity contribution in [3.05, 3.63) is 0 Å². The number of rotatable bonds is 2. The van der Waals surface area contributed by atoms with Gasteiger partial charge in [-0.15, -0.1) is 0 Å². The van der Waals surface area contributed by atoms with E-state index in [1.807, 2.05) is 0 Å². The molecule has 4 heteroatoms. The van der Waals surface area contributed by atoms with Crippen molar-refractivity contribution in [2.75, 3.05) is 7.11 Å². The number of aliphatic hydroxyl groups is 1. The number of hydrogen-bond acceptors (Lipinski definition) is 4. The quantitative estimate of drug-likeness (QED) is 0.725. The number of ether oxygens (including phenoxy) is 1. The Morgan fingerprint density at radius 1 is 1.38 bits per heavy atom. The van der Waals surface area contributed by atoms with Crippen molar-refractivity contribution >= 4 is 5.97 Å². The molecule has 1 aliphatic carbocycles. The van der Waals surface area contributed by atoms with Crippen LogP contribution in [0.3, 0.4) is 0 Å². The Morgan fingerprint density at radius 3 is 2.25 bits per heavy atom. The Bertz CT molecular complexity index is 307. The fourth-order valence-corrected chi connectivity index (χ4v) is 2.16. The minimum atomic E-state index is -1.32. The van der Waals surface area contributed by atoms with Crippen molar-refractivity contribution in [1.29, 1.82) is 5.26 Å². The van der Waals surface area contributed by atoms with Gasteiger partial charge in [0.15, 0.2) is 6.10 Å². The number of nitrogens with zero attached hydrogens (tertiary/aromatic N) is 1. The zero-order chi connectivity index (χ0) is 12.4. The highest BCUT2D eigenvalue weighted by Gasteiger charge is 2.47. The molecule has 0 aliphatic heterocycles. The van der Waals surface area contributed by atoms with E-state index in [4.69, 9.17) is 0 Å². The predicted molar refractivity (Wildman–Crippen MR) is 58.3 cm³/mol. The molecular formula is C12H19NO3. The maximum absolute atomic E-state index is 11.3. The first-order chi connectivity index (χ1) is 7.37. The average Bonchev–Trinajstić information content (AvgIpc) is 2.28. The number of methoxy groups -OCH3 is 1. The van der Waals surface area contributed by atoms with Crippen LogP contribution in [0.15, 0.2) is 0 Å². The highest BCUT2D eigenvalue weighted by Crippen LogP contribution is 2.46. The zero-order valence-corrected chi connectivity index (χ0v) is 10.1. The van der Waals surface area contributed by atoms with E-state index in [0.29, 0.717) is 12.8 Å². The Morgan fingerprint density at radius 2 is 1.88 bits per heavy atom. The molecule has 0 aromatic carbocycles. The third-order valence-electron chi connectivity index (χ3n) is 3.67. The number of nitriles is 1. The summed E-state index contributed by atoms with van der Waals surface area (Å²) in [6, 6.07) is 2.12. The fraction of sp³-hybridized carbons (Fsp3) is 0.833. The van der Waals surface area contributed by atoms with Gasteiger partial charge in [0, 0.05) is 0 Å². The molecule has 1 aliphatic rings. The second kappa shape index (κ2) is 4.42. The van der Waals surface area contributed by atoms with Gasteiger partial charge in [0.05, 0.1) is 18.6 Å². The number of hydrogen-bond donors (Lipinski definition) is 1. The zero-order valence-electron chi connectivity index (χ0n) is 10.1. The van der Waals surface area contributed by atoms with Gasteiger partial charge in [-0.1, -0.05) is 13.8 Å². The molecule has 0 aromatic rings. The van der Waals surface area contributed by atoms with E-state index in [0.717, 1.165) is 12.8 Å². The van der Waals surface area contributed by atoms with Gasteiger partial charge < -0.3 is 9.84 Å². The third-order valence-corrected chi connectivity index (χ3v) is 3.67. The van der Waals surface area contributed by atoms with Crippen molar-refractivity contribution in [3.8, 4) is 6.07 Å². The molecular weight excluding hydrogens is 206 g/mol. The molecule has 0 saturated heterocycles. The van der Waals surface area contributed by atoms with Gasteiger partial charge in [0.1, 0.15) is 0 Å². The lowest BCUT2D eigenvalue weighted by Gasteiger charge is -2.40. The minimum Gasteiger partial charge on any atom is -0.467 e. The third kappa shape index (κ3) is 2.35. The predicted octanol–water partition coefficient (Wildman–Crippen LogP) is 1.63. The molecule has 0 spiro atoms. The lowest BCUT2D eigenvalue weighted by atomic mass is 9.63. The van der Waals surface area contributed by atoms with E-state index in [9.17, 15) is 15.2 Å². The van der Waals surface area contributed by atoms with E-state index in [1.165, 1.54) is 7.11 Å². The molecule has 16 heavy (non-hydrogen) atoms. The molecule has 4 nitrogen and oxygen atoms in total. The maximum Gasteiger partial charge on any atom is 0.336 e. The van der Waals surface area contributed by atoms with Crippen LogP contribution in [0.5, 0.6) is 0 Å². The highest BCUT2D eigenvalue weighted by molar-refractivity contribution is 5.76. The van der Waals surface area contributed by atoms with Gasteiger partial charge in [-0.05, 0) is 31.1 Å². The summed E-state index contributed by atoms with van der Waals surface area (Å²) < 4.78 is 4.50. The van der Waals surface area contributed by atoms with E-state index >= 15 is 0 Å². The maximum atomic E-state index is 11.3. The monoisotopic (exact) mass is 225 g/mol. The molecule has 1 saturated carbocycles. The van der Waals surface area contributed by atoms with E-state index in [1.54, 1.807) is 0 Å². The van der Waals surface area contributed by atoms with Crippen LogP contribution in [-0.4, -0.2) is 24.3 Å². The van der Waals surface area contributed by atoms with Gasteiger partial charge in [0.2, 0.25) is 0 Å². The summed E-state index contributed by atoms with van der Waals surface area (Å²) in [6.07, 6.45) is 1.46. The van der Waals surface area contributed by atoms with Gasteiger partial charge in [0.25, 0.3) is 0 Å². The van der Waals surface area contributed by atoms with Gasteiger partial charge >= 0.3 is 5.97 Å². The summed E-state index contributed by atoms with van der Waals surface area (Å²) in [5.41, 5.74) is -0.765. The average molecular weight is 225 g/mol. The second-order valence-corrected chi connectivity index (χ2v) is 5.36. The smallest absolute Gasteiger partial charge is 0.336 e. The Balaban J connectivity index is 2.82. The molecule has 0 aromatic heterocycles. The van der Waals surface area contributed by atoms with Crippen LogP contribution in [-0.2, 0) is 9.53 Å². The molecule has 1 fully saturated rings. The van der Waals surface area contributed by atoms with Crippen LogP contribution < -0.4 is 0 Å². The molecule has 1 unspecified atom stereocenters. The van der Waals surface area contributed by atoms with Crippen molar-refractivity contribution in [2.45, 2.75) is 45.6 Å². The van der Waals surface area contributed by atoms with Gasteiger partial charge in [-0.3, -0.25) is 0 Å². The molecule has 0 bridgehead atoms. The fourth-order valence-electron chi connectivity index (χ4n) is 2.16. The van der Waals surface area contributed by atoms with Crippen LogP contribution in [0.2, 0.25) is 0 Å². The molecule has 1 rings (SSSR count). The van der Waals surface area contributed by atoms with Crippen molar-refractivity contribution in [2.24, 2.45) is 10.8 Å². The van der Waals surface area contributed by atoms with Crippen LogP contribution in [0, 0.1) is 22.2 Å². The first kappa shape index (κ1) is 13.0. The summed E-state index contributed by atoms with van der Waals surface area (Å²) in [6.45, 7) is 4.28. The SMILES string of the molecule is COC(=O)C(O)C1(C#N)CCC(C)(C)CC1. The lowest BCUT2D eigenvalue weighted by Crippen LogP contribution is -2.44. The molecule has 90 valence electrons. The number of esters is 1. The molecule has 1 atom stereocenters. The van der Waals surface area contributed by atoms with Gasteiger partial charge in [-0.2, -0.15) is 5.26 Å². The summed E-state index contributed by atoms with van der Waals surface area (Å²) >= 11 is 0. The number of carbonyl (C=O) groups is 1. The van der Waals surface area contributed by atoms with Crippen molar-refractivity contribution < 1.29 is 14.6 Å². The lowest BCUT2D eigenvalue weighted by molar-refractivity contribution is -0.158. The van der Waals surface area contributed by atoms with E-state index in [-0.39, 0.29) is 5.41 Å². The largest absolute Gasteiger partial charge is 0.467 e. The van der Waals surface area contributed by atoms with Crippen molar-refractivity contribution in [3.63, 3.8) is 0 Å².